The summed E-state index contributed by atoms with van der Waals surface area (Å²) in [4.78, 5) is 0. The third kappa shape index (κ3) is 3.43. The molecule has 0 bridgehead atoms. The molecule has 0 amide bonds. The second-order valence-corrected chi connectivity index (χ2v) is 4.29. The van der Waals surface area contributed by atoms with E-state index in [9.17, 15) is 23.2 Å². The molecule has 0 aromatic heterocycles. The van der Waals surface area contributed by atoms with Crippen LogP contribution in [0.3, 0.4) is 0 Å². The Hall–Kier alpha value is -1.73. The number of rotatable bonds is 4. The molecule has 7 heteroatoms. The van der Waals surface area contributed by atoms with Gasteiger partial charge in [-0.2, -0.15) is 13.2 Å². The molecule has 3 nitrogen and oxygen atoms in total. The first-order chi connectivity index (χ1) is 9.38. The minimum absolute atomic E-state index is 0.0444. The van der Waals surface area contributed by atoms with Crippen LogP contribution in [-0.2, 0) is 0 Å². The molecule has 0 fully saturated rings. The van der Waals surface area contributed by atoms with E-state index in [1.807, 2.05) is 0 Å². The smallest absolute Gasteiger partial charge is 0.492 e. The summed E-state index contributed by atoms with van der Waals surface area (Å²) >= 11 is 0. The Morgan fingerprint density at radius 3 is 2.40 bits per heavy atom. The van der Waals surface area contributed by atoms with Crippen molar-refractivity contribution in [1.29, 1.82) is 0 Å². The minimum atomic E-state index is -4.31. The van der Waals surface area contributed by atoms with Crippen LogP contribution in [0.1, 0.15) is 6.42 Å². The van der Waals surface area contributed by atoms with Gasteiger partial charge in [-0.05, 0) is 16.8 Å². The highest BCUT2D eigenvalue weighted by Crippen LogP contribution is 2.22. The van der Waals surface area contributed by atoms with Crippen molar-refractivity contribution >= 4 is 23.4 Å². The highest BCUT2D eigenvalue weighted by atomic mass is 19.4. The number of benzene rings is 2. The van der Waals surface area contributed by atoms with Gasteiger partial charge in [0.2, 0.25) is 0 Å². The normalized spacial score (nSPS) is 11.7. The maximum Gasteiger partial charge on any atom is 0.492 e. The lowest BCUT2D eigenvalue weighted by atomic mass is 9.76. The molecule has 106 valence electrons. The van der Waals surface area contributed by atoms with E-state index in [1.165, 1.54) is 6.07 Å². The molecule has 0 radical (unpaired) electrons. The van der Waals surface area contributed by atoms with Crippen molar-refractivity contribution in [2.75, 3.05) is 6.61 Å². The Bertz CT molecular complexity index is 599. The topological polar surface area (TPSA) is 49.7 Å². The van der Waals surface area contributed by atoms with Gasteiger partial charge in [0, 0.05) is 5.46 Å². The maximum atomic E-state index is 12.1. The van der Waals surface area contributed by atoms with Gasteiger partial charge in [-0.1, -0.05) is 30.3 Å². The standard InChI is InChI=1S/C13H12BF3O3/c15-13(16,17)7-8-20-11-6-5-9-3-1-2-4-10(9)12(11)14(18)19/h1-6,18-19H,7-8H2. The van der Waals surface area contributed by atoms with Gasteiger partial charge in [-0.3, -0.25) is 0 Å². The molecular weight excluding hydrogens is 272 g/mol. The third-order valence-corrected chi connectivity index (χ3v) is 2.83. The van der Waals surface area contributed by atoms with Crippen LogP contribution in [-0.4, -0.2) is 29.9 Å². The van der Waals surface area contributed by atoms with Gasteiger partial charge in [-0.15, -0.1) is 0 Å². The molecule has 0 unspecified atom stereocenters. The molecule has 0 atom stereocenters. The van der Waals surface area contributed by atoms with E-state index in [0.717, 1.165) is 5.39 Å². The van der Waals surface area contributed by atoms with Crippen molar-refractivity contribution in [3.63, 3.8) is 0 Å². The maximum absolute atomic E-state index is 12.1. The Balaban J connectivity index is 2.31. The predicted molar refractivity (Wildman–Crippen MR) is 69.9 cm³/mol. The van der Waals surface area contributed by atoms with Crippen LogP contribution in [0.4, 0.5) is 13.2 Å². The second-order valence-electron chi connectivity index (χ2n) is 4.29. The van der Waals surface area contributed by atoms with Gasteiger partial charge in [0.15, 0.2) is 0 Å². The molecule has 0 saturated carbocycles. The van der Waals surface area contributed by atoms with Crippen molar-refractivity contribution in [1.82, 2.24) is 0 Å². The number of alkyl halides is 3. The first kappa shape index (κ1) is 14.7. The SMILES string of the molecule is OB(O)c1c(OCCC(F)(F)F)ccc2ccccc12. The molecular formula is C13H12BF3O3. The Morgan fingerprint density at radius 1 is 1.05 bits per heavy atom. The van der Waals surface area contributed by atoms with Gasteiger partial charge < -0.3 is 14.8 Å². The molecule has 2 N–H and O–H groups in total. The van der Waals surface area contributed by atoms with Gasteiger partial charge >= 0.3 is 13.3 Å². The lowest BCUT2D eigenvalue weighted by molar-refractivity contribution is -0.139. The zero-order valence-corrected chi connectivity index (χ0v) is 10.4. The van der Waals surface area contributed by atoms with Crippen molar-refractivity contribution in [2.24, 2.45) is 0 Å². The van der Waals surface area contributed by atoms with E-state index >= 15 is 0 Å². The molecule has 20 heavy (non-hydrogen) atoms. The average Bonchev–Trinajstić information content (AvgIpc) is 2.36. The molecule has 2 aromatic rings. The van der Waals surface area contributed by atoms with E-state index in [2.05, 4.69) is 0 Å². The van der Waals surface area contributed by atoms with Gasteiger partial charge in [0.25, 0.3) is 0 Å². The third-order valence-electron chi connectivity index (χ3n) is 2.83. The summed E-state index contributed by atoms with van der Waals surface area (Å²) in [5.41, 5.74) is 0.0743. The fourth-order valence-electron chi connectivity index (χ4n) is 1.94. The van der Waals surface area contributed by atoms with Crippen LogP contribution >= 0.6 is 0 Å². The molecule has 2 rings (SSSR count). The van der Waals surface area contributed by atoms with E-state index in [-0.39, 0.29) is 11.2 Å². The highest BCUT2D eigenvalue weighted by Gasteiger charge is 2.27. The minimum Gasteiger partial charge on any atom is -0.494 e. The van der Waals surface area contributed by atoms with Gasteiger partial charge in [0.05, 0.1) is 13.0 Å². The lowest BCUT2D eigenvalue weighted by Gasteiger charge is -2.14. The number of hydrogen-bond acceptors (Lipinski definition) is 3. The molecule has 0 aliphatic heterocycles. The first-order valence-electron chi connectivity index (χ1n) is 5.96. The highest BCUT2D eigenvalue weighted by molar-refractivity contribution is 6.63. The van der Waals surface area contributed by atoms with Crippen molar-refractivity contribution < 1.29 is 28.0 Å². The van der Waals surface area contributed by atoms with Crippen LogP contribution in [0.5, 0.6) is 5.75 Å². The van der Waals surface area contributed by atoms with Crippen molar-refractivity contribution in [3.8, 4) is 5.75 Å². The van der Waals surface area contributed by atoms with Crippen molar-refractivity contribution in [2.45, 2.75) is 12.6 Å². The van der Waals surface area contributed by atoms with E-state index in [1.54, 1.807) is 30.3 Å². The van der Waals surface area contributed by atoms with E-state index in [0.29, 0.717) is 5.39 Å². The number of hydrogen-bond donors (Lipinski definition) is 2. The predicted octanol–water partition coefficient (Wildman–Crippen LogP) is 1.85. The van der Waals surface area contributed by atoms with Crippen molar-refractivity contribution in [3.05, 3.63) is 36.4 Å². The molecule has 0 aliphatic rings. The van der Waals surface area contributed by atoms with Gasteiger partial charge in [0.1, 0.15) is 5.75 Å². The molecule has 0 saturated heterocycles. The lowest BCUT2D eigenvalue weighted by Crippen LogP contribution is -2.32. The first-order valence-corrected chi connectivity index (χ1v) is 5.96. The summed E-state index contributed by atoms with van der Waals surface area (Å²) < 4.78 is 41.3. The molecule has 2 aromatic carbocycles. The summed E-state index contributed by atoms with van der Waals surface area (Å²) in [5, 5.41) is 20.1. The van der Waals surface area contributed by atoms with Crippen LogP contribution in [0.2, 0.25) is 0 Å². The summed E-state index contributed by atoms with van der Waals surface area (Å²) in [6.07, 6.45) is -5.41. The van der Waals surface area contributed by atoms with Crippen LogP contribution in [0.25, 0.3) is 10.8 Å². The monoisotopic (exact) mass is 284 g/mol. The van der Waals surface area contributed by atoms with E-state index < -0.39 is 26.3 Å². The molecule has 0 spiro atoms. The Kier molecular flexibility index (Phi) is 4.20. The summed E-state index contributed by atoms with van der Waals surface area (Å²) in [5.74, 6) is 0.0444. The zero-order chi connectivity index (χ0) is 14.8. The average molecular weight is 284 g/mol. The Labute approximate surface area is 113 Å². The Morgan fingerprint density at radius 2 is 1.75 bits per heavy atom. The summed E-state index contributed by atoms with van der Waals surface area (Å²) in [6, 6.07) is 9.99. The van der Waals surface area contributed by atoms with Crippen LogP contribution in [0.15, 0.2) is 36.4 Å². The van der Waals surface area contributed by atoms with Gasteiger partial charge in [-0.25, -0.2) is 0 Å². The molecule has 0 aliphatic carbocycles. The zero-order valence-electron chi connectivity index (χ0n) is 10.4. The largest absolute Gasteiger partial charge is 0.494 e. The summed E-state index contributed by atoms with van der Waals surface area (Å²) in [6.45, 7) is -0.568. The molecule has 0 heterocycles. The van der Waals surface area contributed by atoms with Crippen LogP contribution < -0.4 is 10.2 Å². The quantitative estimate of drug-likeness (QED) is 0.842. The fourth-order valence-corrected chi connectivity index (χ4v) is 1.94. The van der Waals surface area contributed by atoms with E-state index in [4.69, 9.17) is 4.74 Å². The van der Waals surface area contributed by atoms with Crippen LogP contribution in [0, 0.1) is 0 Å². The number of halogens is 3. The number of fused-ring (bicyclic) bond motifs is 1. The second kappa shape index (κ2) is 5.72. The fraction of sp³-hybridized carbons (Fsp3) is 0.231. The number of ether oxygens (including phenoxy) is 1. The summed E-state index contributed by atoms with van der Waals surface area (Å²) in [7, 11) is -1.82.